The van der Waals surface area contributed by atoms with Gasteiger partial charge in [-0.2, -0.15) is 4.39 Å². The average Bonchev–Trinajstić information content (AvgIpc) is 3.04. The Morgan fingerprint density at radius 3 is 2.73 bits per heavy atom. The molecule has 1 aromatic carbocycles. The molecule has 1 amide bonds. The number of hydrogen-bond donors (Lipinski definition) is 3. The predicted molar refractivity (Wildman–Crippen MR) is 104 cm³/mol. The maximum absolute atomic E-state index is 14.3. The van der Waals surface area contributed by atoms with Gasteiger partial charge in [-0.1, -0.05) is 13.0 Å². The van der Waals surface area contributed by atoms with Gasteiger partial charge in [0, 0.05) is 23.4 Å². The van der Waals surface area contributed by atoms with Gasteiger partial charge in [0.2, 0.25) is 5.82 Å². The zero-order valence-corrected chi connectivity index (χ0v) is 16.8. The molecular formula is C21H24F2N2O5. The van der Waals surface area contributed by atoms with Gasteiger partial charge in [-0.3, -0.25) is 9.78 Å². The number of benzene rings is 1. The monoisotopic (exact) mass is 422 g/mol. The summed E-state index contributed by atoms with van der Waals surface area (Å²) < 4.78 is 38.9. The molecule has 2 heterocycles. The maximum atomic E-state index is 14.3. The molecular weight excluding hydrogens is 398 g/mol. The van der Waals surface area contributed by atoms with Crippen LogP contribution in [0.4, 0.5) is 14.5 Å². The highest BCUT2D eigenvalue weighted by atomic mass is 19.2. The topological polar surface area (TPSA) is 101 Å². The molecule has 1 aromatic heterocycles. The van der Waals surface area contributed by atoms with Gasteiger partial charge in [-0.15, -0.1) is 0 Å². The van der Waals surface area contributed by atoms with Crippen molar-refractivity contribution in [2.45, 2.75) is 38.1 Å². The van der Waals surface area contributed by atoms with Crippen molar-refractivity contribution in [1.82, 2.24) is 4.98 Å². The zero-order valence-electron chi connectivity index (χ0n) is 16.8. The molecule has 3 N–H and O–H groups in total. The molecule has 0 unspecified atom stereocenters. The van der Waals surface area contributed by atoms with Crippen LogP contribution in [0.1, 0.15) is 37.1 Å². The Balaban J connectivity index is 1.91. The number of hydrogen-bond acceptors (Lipinski definition) is 6. The summed E-state index contributed by atoms with van der Waals surface area (Å²) in [4.78, 5) is 17.0. The van der Waals surface area contributed by atoms with E-state index in [1.165, 1.54) is 31.5 Å². The Hall–Kier alpha value is -2.62. The third-order valence-electron chi connectivity index (χ3n) is 5.46. The van der Waals surface area contributed by atoms with E-state index < -0.39 is 42.3 Å². The highest BCUT2D eigenvalue weighted by Gasteiger charge is 2.46. The number of rotatable bonds is 6. The quantitative estimate of drug-likeness (QED) is 0.662. The molecule has 1 aliphatic heterocycles. The summed E-state index contributed by atoms with van der Waals surface area (Å²) in [6, 6.07) is 5.37. The maximum Gasteiger partial charge on any atom is 0.254 e. The molecule has 5 atom stereocenters. The van der Waals surface area contributed by atoms with Crippen molar-refractivity contribution in [2.75, 3.05) is 19.0 Å². The van der Waals surface area contributed by atoms with Crippen molar-refractivity contribution >= 4 is 11.6 Å². The van der Waals surface area contributed by atoms with Gasteiger partial charge in [0.15, 0.2) is 11.6 Å². The molecule has 3 rings (SSSR count). The van der Waals surface area contributed by atoms with E-state index in [9.17, 15) is 18.7 Å². The lowest BCUT2D eigenvalue weighted by molar-refractivity contribution is -0.127. The minimum Gasteiger partial charge on any atom is -0.493 e. The van der Waals surface area contributed by atoms with Crippen molar-refractivity contribution in [2.24, 2.45) is 5.92 Å². The van der Waals surface area contributed by atoms with E-state index in [2.05, 4.69) is 10.3 Å². The zero-order chi connectivity index (χ0) is 22.0. The highest BCUT2D eigenvalue weighted by Crippen LogP contribution is 2.44. The molecule has 30 heavy (non-hydrogen) atoms. The van der Waals surface area contributed by atoms with Gasteiger partial charge < -0.3 is 25.0 Å². The molecule has 162 valence electrons. The van der Waals surface area contributed by atoms with Crippen LogP contribution in [0.25, 0.3) is 0 Å². The fraction of sp³-hybridized carbons (Fsp3) is 0.429. The average molecular weight is 422 g/mol. The number of aliphatic hydroxyl groups excluding tert-OH is 2. The summed E-state index contributed by atoms with van der Waals surface area (Å²) in [5.74, 6) is -3.64. The molecule has 0 saturated carbocycles. The fourth-order valence-electron chi connectivity index (χ4n) is 3.71. The number of nitrogens with one attached hydrogen (secondary N) is 1. The van der Waals surface area contributed by atoms with Crippen molar-refractivity contribution in [3.05, 3.63) is 53.4 Å². The van der Waals surface area contributed by atoms with Crippen molar-refractivity contribution in [3.8, 4) is 5.75 Å². The van der Waals surface area contributed by atoms with Crippen LogP contribution < -0.4 is 10.1 Å². The molecule has 1 fully saturated rings. The van der Waals surface area contributed by atoms with Gasteiger partial charge >= 0.3 is 0 Å². The summed E-state index contributed by atoms with van der Waals surface area (Å²) in [7, 11) is 1.24. The first-order valence-corrected chi connectivity index (χ1v) is 9.51. The first kappa shape index (κ1) is 22.1. The van der Waals surface area contributed by atoms with E-state index in [0.717, 1.165) is 6.07 Å². The van der Waals surface area contributed by atoms with Crippen LogP contribution in [0, 0.1) is 17.6 Å². The minimum absolute atomic E-state index is 0.177. The number of aromatic nitrogens is 1. The second-order valence-electron chi connectivity index (χ2n) is 7.29. The normalized spacial score (nSPS) is 24.5. The van der Waals surface area contributed by atoms with E-state index in [4.69, 9.17) is 14.6 Å². The summed E-state index contributed by atoms with van der Waals surface area (Å²) in [6.45, 7) is 3.16. The Labute approximate surface area is 172 Å². The standard InChI is InChI=1S/C21H24F2N2O5/c1-10-11(2)30-20(17(10)13-4-5-14(22)18(23)19(13)29-3)21(28)25-12-6-7-24-15(8-12)16(27)9-26/h4-8,10-11,16-17,20,26-27H,9H2,1-3H3,(H,24,25,28)/t10-,11+,16+,17+,20-/m0/s1. The lowest BCUT2D eigenvalue weighted by Gasteiger charge is -2.23. The van der Waals surface area contributed by atoms with Gasteiger partial charge in [-0.25, -0.2) is 4.39 Å². The number of carbonyl (C=O) groups excluding carboxylic acids is 1. The van der Waals surface area contributed by atoms with Crippen molar-refractivity contribution in [3.63, 3.8) is 0 Å². The second kappa shape index (κ2) is 9.03. The lowest BCUT2D eigenvalue weighted by atomic mass is 9.82. The third-order valence-corrected chi connectivity index (χ3v) is 5.46. The fourth-order valence-corrected chi connectivity index (χ4v) is 3.71. The number of amides is 1. The van der Waals surface area contributed by atoms with E-state index in [1.54, 1.807) is 6.92 Å². The third kappa shape index (κ3) is 4.14. The first-order valence-electron chi connectivity index (χ1n) is 9.51. The first-order chi connectivity index (χ1) is 14.3. The van der Waals surface area contributed by atoms with E-state index in [-0.39, 0.29) is 23.5 Å². The van der Waals surface area contributed by atoms with E-state index in [1.807, 2.05) is 6.92 Å². The smallest absolute Gasteiger partial charge is 0.254 e. The van der Waals surface area contributed by atoms with Crippen LogP contribution >= 0.6 is 0 Å². The number of methoxy groups -OCH3 is 1. The predicted octanol–water partition coefficient (Wildman–Crippen LogP) is 2.54. The number of ether oxygens (including phenoxy) is 2. The highest BCUT2D eigenvalue weighted by molar-refractivity contribution is 5.95. The molecule has 2 aromatic rings. The second-order valence-corrected chi connectivity index (χ2v) is 7.29. The molecule has 0 aliphatic carbocycles. The minimum atomic E-state index is -1.18. The molecule has 1 aliphatic rings. The van der Waals surface area contributed by atoms with Crippen LogP contribution in [0.15, 0.2) is 30.5 Å². The van der Waals surface area contributed by atoms with Gasteiger partial charge in [0.05, 0.1) is 25.5 Å². The summed E-state index contributed by atoms with van der Waals surface area (Å²) in [5.41, 5.74) is 0.895. The Kier molecular flexibility index (Phi) is 6.64. The number of pyridine rings is 1. The molecule has 7 nitrogen and oxygen atoms in total. The van der Waals surface area contributed by atoms with Crippen molar-refractivity contribution in [1.29, 1.82) is 0 Å². The van der Waals surface area contributed by atoms with E-state index >= 15 is 0 Å². The Morgan fingerprint density at radius 1 is 1.33 bits per heavy atom. The molecule has 0 radical (unpaired) electrons. The number of aliphatic hydroxyl groups is 2. The van der Waals surface area contributed by atoms with Crippen LogP contribution in [0.2, 0.25) is 0 Å². The molecule has 1 saturated heterocycles. The number of nitrogens with zero attached hydrogens (tertiary/aromatic N) is 1. The Bertz CT molecular complexity index is 926. The van der Waals surface area contributed by atoms with Gasteiger partial charge in [0.1, 0.15) is 12.2 Å². The largest absolute Gasteiger partial charge is 0.493 e. The Morgan fingerprint density at radius 2 is 2.07 bits per heavy atom. The summed E-state index contributed by atoms with van der Waals surface area (Å²) in [6.07, 6.45) is -1.08. The number of halogens is 2. The van der Waals surface area contributed by atoms with Crippen LogP contribution in [-0.4, -0.2) is 47.0 Å². The number of anilines is 1. The number of carbonyl (C=O) groups is 1. The summed E-state index contributed by atoms with van der Waals surface area (Å²) in [5, 5.41) is 21.5. The van der Waals surface area contributed by atoms with Crippen LogP contribution in [0.3, 0.4) is 0 Å². The molecule has 0 bridgehead atoms. The SMILES string of the molecule is COc1c([C@H]2[C@@H](C)[C@@H](C)O[C@@H]2C(=O)Nc2ccnc([C@H](O)CO)c2)ccc(F)c1F. The van der Waals surface area contributed by atoms with Gasteiger partial charge in [0.25, 0.3) is 5.91 Å². The van der Waals surface area contributed by atoms with Gasteiger partial charge in [-0.05, 0) is 31.0 Å². The van der Waals surface area contributed by atoms with Crippen LogP contribution in [-0.2, 0) is 9.53 Å². The summed E-state index contributed by atoms with van der Waals surface area (Å²) >= 11 is 0. The molecule has 0 spiro atoms. The molecule has 9 heteroatoms. The van der Waals surface area contributed by atoms with E-state index in [0.29, 0.717) is 11.3 Å². The lowest BCUT2D eigenvalue weighted by Crippen LogP contribution is -2.33. The van der Waals surface area contributed by atoms with Crippen LogP contribution in [0.5, 0.6) is 5.75 Å². The van der Waals surface area contributed by atoms with Crippen molar-refractivity contribution < 1.29 is 33.3 Å².